The van der Waals surface area contributed by atoms with Crippen LogP contribution in [0.25, 0.3) is 0 Å². The third kappa shape index (κ3) is 32.9. The van der Waals surface area contributed by atoms with Crippen molar-refractivity contribution in [1.29, 1.82) is 0 Å². The van der Waals surface area contributed by atoms with E-state index in [1.807, 2.05) is 0 Å². The molecule has 3 aliphatic rings. The lowest BCUT2D eigenvalue weighted by Crippen LogP contribution is -2.66. The van der Waals surface area contributed by atoms with E-state index < -0.39 is 124 Å². The van der Waals surface area contributed by atoms with Gasteiger partial charge in [0, 0.05) is 6.42 Å². The number of ether oxygens (including phenoxy) is 6. The number of carbonyl (C=O) groups is 1. The average molecular weight is 1250 g/mol. The summed E-state index contributed by atoms with van der Waals surface area (Å²) in [5, 5.41) is 121. The molecule has 12 N–H and O–H groups in total. The Kier molecular flexibility index (Phi) is 46.2. The highest BCUT2D eigenvalue weighted by Gasteiger charge is 2.53. The largest absolute Gasteiger partial charge is 0.394 e. The van der Waals surface area contributed by atoms with Gasteiger partial charge in [-0.1, -0.05) is 235 Å². The van der Waals surface area contributed by atoms with Crippen LogP contribution in [0, 0.1) is 0 Å². The van der Waals surface area contributed by atoms with Gasteiger partial charge in [-0.2, -0.15) is 0 Å². The van der Waals surface area contributed by atoms with Gasteiger partial charge in [0.05, 0.1) is 38.6 Å². The van der Waals surface area contributed by atoms with Crippen LogP contribution in [0.1, 0.15) is 239 Å². The van der Waals surface area contributed by atoms with E-state index in [1.165, 1.54) is 122 Å². The third-order valence-electron chi connectivity index (χ3n) is 17.1. The van der Waals surface area contributed by atoms with Crippen LogP contribution in [0.5, 0.6) is 0 Å². The van der Waals surface area contributed by atoms with Gasteiger partial charge in [-0.25, -0.2) is 0 Å². The molecule has 19 heteroatoms. The van der Waals surface area contributed by atoms with Gasteiger partial charge in [0.1, 0.15) is 73.2 Å². The highest BCUT2D eigenvalue weighted by atomic mass is 16.8. The monoisotopic (exact) mass is 1250 g/mol. The van der Waals surface area contributed by atoms with Crippen molar-refractivity contribution in [3.63, 3.8) is 0 Å². The molecule has 3 fully saturated rings. The second kappa shape index (κ2) is 51.0. The van der Waals surface area contributed by atoms with Crippen molar-refractivity contribution >= 4 is 5.91 Å². The number of aliphatic hydroxyl groups is 11. The fourth-order valence-corrected chi connectivity index (χ4v) is 11.5. The van der Waals surface area contributed by atoms with E-state index in [9.17, 15) is 61.0 Å². The quantitative estimate of drug-likeness (QED) is 0.0200. The van der Waals surface area contributed by atoms with Gasteiger partial charge in [-0.15, -0.1) is 0 Å². The summed E-state index contributed by atoms with van der Waals surface area (Å²) in [6, 6.07) is -0.891. The van der Waals surface area contributed by atoms with Gasteiger partial charge in [-0.3, -0.25) is 4.79 Å². The van der Waals surface area contributed by atoms with Crippen molar-refractivity contribution in [1.82, 2.24) is 5.32 Å². The highest BCUT2D eigenvalue weighted by Crippen LogP contribution is 2.33. The minimum absolute atomic E-state index is 0.247. The topological polar surface area (TPSA) is 307 Å². The Balaban J connectivity index is 1.42. The van der Waals surface area contributed by atoms with Crippen molar-refractivity contribution in [2.45, 2.75) is 343 Å². The molecule has 0 aliphatic carbocycles. The van der Waals surface area contributed by atoms with Gasteiger partial charge < -0.3 is 89.9 Å². The van der Waals surface area contributed by atoms with Crippen LogP contribution in [0.15, 0.2) is 60.8 Å². The lowest BCUT2D eigenvalue weighted by atomic mass is 9.96. The maximum Gasteiger partial charge on any atom is 0.220 e. The molecule has 0 radical (unpaired) electrons. The number of hydrogen-bond donors (Lipinski definition) is 12. The molecular formula is C69H123NO18. The molecule has 0 aromatic carbocycles. The molecule has 0 aromatic rings. The van der Waals surface area contributed by atoms with E-state index >= 15 is 0 Å². The number of nitrogens with one attached hydrogen (secondary N) is 1. The molecule has 3 aliphatic heterocycles. The molecule has 0 aromatic heterocycles. The Bertz CT molecular complexity index is 1830. The lowest BCUT2D eigenvalue weighted by Gasteiger charge is -2.48. The Labute approximate surface area is 528 Å². The summed E-state index contributed by atoms with van der Waals surface area (Å²) in [5.41, 5.74) is 0. The van der Waals surface area contributed by atoms with Crippen molar-refractivity contribution in [2.75, 3.05) is 26.4 Å². The Hall–Kier alpha value is -2.51. The standard InChI is InChI=1S/C69H123NO18/c1-3-5-7-9-11-13-15-17-19-21-22-23-24-25-26-27-28-29-30-31-33-35-37-39-41-43-45-47-57(75)70-52(53(74)46-44-42-40-38-36-34-32-20-18-16-14-12-10-8-6-4-2)51-83-67-63(81)60(78)65(55(49-72)85-67)88-69-64(82)61(79)66(56(50-73)86-69)87-68-62(80)59(77)58(76)54(48-71)84-68/h5,7,11,13,17,19,22-23,25-26,52-56,58-69,71-74,76-82H,3-4,6,8-10,12,14-16,18,20-21,24,27-51H2,1-2H3,(H,70,75)/b7-5-,13-11-,19-17-,23-22-,26-25-. The molecule has 3 heterocycles. The molecule has 17 atom stereocenters. The van der Waals surface area contributed by atoms with Gasteiger partial charge in [-0.05, 0) is 57.8 Å². The molecular weight excluding hydrogens is 1130 g/mol. The van der Waals surface area contributed by atoms with Crippen molar-refractivity contribution < 1.29 is 89.4 Å². The predicted octanol–water partition coefficient (Wildman–Crippen LogP) is 8.77. The molecule has 19 nitrogen and oxygen atoms in total. The number of rotatable bonds is 52. The first-order valence-electron chi connectivity index (χ1n) is 34.5. The first-order chi connectivity index (χ1) is 42.8. The summed E-state index contributed by atoms with van der Waals surface area (Å²) < 4.78 is 34.4. The highest BCUT2D eigenvalue weighted by molar-refractivity contribution is 5.76. The van der Waals surface area contributed by atoms with Gasteiger partial charge >= 0.3 is 0 Å². The number of carbonyl (C=O) groups excluding carboxylic acids is 1. The minimum atomic E-state index is -1.97. The molecule has 17 unspecified atom stereocenters. The first kappa shape index (κ1) is 79.7. The summed E-state index contributed by atoms with van der Waals surface area (Å²) in [6.07, 6.45) is 34.3. The number of amides is 1. The van der Waals surface area contributed by atoms with Crippen LogP contribution >= 0.6 is 0 Å². The normalized spacial score (nSPS) is 28.8. The molecule has 1 amide bonds. The van der Waals surface area contributed by atoms with Crippen molar-refractivity contribution in [3.8, 4) is 0 Å². The second-order valence-electron chi connectivity index (χ2n) is 24.6. The Morgan fingerprint density at radius 3 is 1.23 bits per heavy atom. The van der Waals surface area contributed by atoms with E-state index in [0.717, 1.165) is 83.5 Å². The van der Waals surface area contributed by atoms with E-state index in [1.54, 1.807) is 0 Å². The smallest absolute Gasteiger partial charge is 0.220 e. The predicted molar refractivity (Wildman–Crippen MR) is 342 cm³/mol. The van der Waals surface area contributed by atoms with Gasteiger partial charge in [0.25, 0.3) is 0 Å². The van der Waals surface area contributed by atoms with Crippen molar-refractivity contribution in [2.24, 2.45) is 0 Å². The maximum atomic E-state index is 13.4. The van der Waals surface area contributed by atoms with Gasteiger partial charge in [0.15, 0.2) is 18.9 Å². The zero-order valence-electron chi connectivity index (χ0n) is 53.9. The number of unbranched alkanes of at least 4 members (excludes halogenated alkanes) is 26. The van der Waals surface area contributed by atoms with Gasteiger partial charge in [0.2, 0.25) is 5.91 Å². The zero-order chi connectivity index (χ0) is 64.0. The molecule has 3 rings (SSSR count). The summed E-state index contributed by atoms with van der Waals surface area (Å²) in [5.74, 6) is -0.247. The van der Waals surface area contributed by atoms with Crippen molar-refractivity contribution in [3.05, 3.63) is 60.8 Å². The molecule has 0 bridgehead atoms. The second-order valence-corrected chi connectivity index (χ2v) is 24.6. The first-order valence-corrected chi connectivity index (χ1v) is 34.5. The molecule has 512 valence electrons. The molecule has 0 saturated carbocycles. The number of hydrogen-bond acceptors (Lipinski definition) is 18. The van der Waals surface area contributed by atoms with E-state index in [-0.39, 0.29) is 18.9 Å². The van der Waals surface area contributed by atoms with Crippen LogP contribution in [0.4, 0.5) is 0 Å². The van der Waals surface area contributed by atoms with E-state index in [0.29, 0.717) is 12.8 Å². The Morgan fingerprint density at radius 2 is 0.784 bits per heavy atom. The maximum absolute atomic E-state index is 13.4. The lowest BCUT2D eigenvalue weighted by molar-refractivity contribution is -0.379. The van der Waals surface area contributed by atoms with Crippen LogP contribution < -0.4 is 5.32 Å². The summed E-state index contributed by atoms with van der Waals surface area (Å²) in [4.78, 5) is 13.4. The van der Waals surface area contributed by atoms with Crippen LogP contribution in [-0.4, -0.2) is 193 Å². The fourth-order valence-electron chi connectivity index (χ4n) is 11.5. The van der Waals surface area contributed by atoms with Crippen LogP contribution in [0.3, 0.4) is 0 Å². The van der Waals surface area contributed by atoms with E-state index in [4.69, 9.17) is 28.4 Å². The Morgan fingerprint density at radius 1 is 0.420 bits per heavy atom. The fraction of sp³-hybridized carbons (Fsp3) is 0.841. The summed E-state index contributed by atoms with van der Waals surface area (Å²) >= 11 is 0. The zero-order valence-corrected chi connectivity index (χ0v) is 53.9. The minimum Gasteiger partial charge on any atom is -0.394 e. The third-order valence-corrected chi connectivity index (χ3v) is 17.1. The molecule has 3 saturated heterocycles. The molecule has 88 heavy (non-hydrogen) atoms. The summed E-state index contributed by atoms with van der Waals surface area (Å²) in [7, 11) is 0. The number of aliphatic hydroxyl groups excluding tert-OH is 11. The molecule has 0 spiro atoms. The van der Waals surface area contributed by atoms with E-state index in [2.05, 4.69) is 79.9 Å². The SMILES string of the molecule is CC/C=C\C/C=C\C/C=C\C/C=C\C/C=C\CCCCCCCCCCCCCC(=O)NC(COC1OC(CO)C(OC2OC(CO)C(OC3OC(CO)C(O)C(O)C3O)C(O)C2O)C(O)C1O)C(O)CCCCCCCCCCCCCCCCCC. The average Bonchev–Trinajstić information content (AvgIpc) is 3.39. The summed E-state index contributed by atoms with van der Waals surface area (Å²) in [6.45, 7) is 1.69. The van der Waals surface area contributed by atoms with Crippen LogP contribution in [-0.2, 0) is 33.2 Å². The van der Waals surface area contributed by atoms with Crippen LogP contribution in [0.2, 0.25) is 0 Å². The number of allylic oxidation sites excluding steroid dienone is 10.